The van der Waals surface area contributed by atoms with Gasteiger partial charge in [0.2, 0.25) is 5.91 Å². The summed E-state index contributed by atoms with van der Waals surface area (Å²) in [5.74, 6) is -1.12. The summed E-state index contributed by atoms with van der Waals surface area (Å²) in [6, 6.07) is 7.30. The number of anilines is 1. The standard InChI is InChI=1S/C15H20N2O4/c1-16-13-9-21-8-12(13)15(20)17-11-4-2-3-10(7-11)5-6-14(18)19/h2-4,7,12-13,16H,5-6,8-9H2,1H3,(H,17,20)(H,18,19). The molecule has 114 valence electrons. The molecule has 1 saturated heterocycles. The van der Waals surface area contributed by atoms with Crippen molar-refractivity contribution in [1.29, 1.82) is 0 Å². The summed E-state index contributed by atoms with van der Waals surface area (Å²) < 4.78 is 5.32. The van der Waals surface area contributed by atoms with Crippen molar-refractivity contribution in [3.63, 3.8) is 0 Å². The van der Waals surface area contributed by atoms with E-state index < -0.39 is 5.97 Å². The molecular weight excluding hydrogens is 272 g/mol. The lowest BCUT2D eigenvalue weighted by atomic mass is 10.0. The van der Waals surface area contributed by atoms with Crippen LogP contribution in [0.1, 0.15) is 12.0 Å². The van der Waals surface area contributed by atoms with Crippen molar-refractivity contribution >= 4 is 17.6 Å². The first-order valence-corrected chi connectivity index (χ1v) is 6.96. The van der Waals surface area contributed by atoms with Crippen molar-refractivity contribution in [2.75, 3.05) is 25.6 Å². The number of hydrogen-bond acceptors (Lipinski definition) is 4. The lowest BCUT2D eigenvalue weighted by molar-refractivity contribution is -0.137. The number of carboxylic acids is 1. The maximum absolute atomic E-state index is 12.2. The van der Waals surface area contributed by atoms with Crippen LogP contribution in [-0.2, 0) is 20.7 Å². The molecule has 1 heterocycles. The van der Waals surface area contributed by atoms with Crippen LogP contribution in [0, 0.1) is 5.92 Å². The van der Waals surface area contributed by atoms with E-state index in [-0.39, 0.29) is 24.3 Å². The molecule has 0 aromatic heterocycles. The van der Waals surface area contributed by atoms with Gasteiger partial charge in [0.1, 0.15) is 0 Å². The molecule has 3 N–H and O–H groups in total. The third-order valence-corrected chi connectivity index (χ3v) is 3.61. The second-order valence-corrected chi connectivity index (χ2v) is 5.12. The average molecular weight is 292 g/mol. The minimum atomic E-state index is -0.829. The zero-order valence-corrected chi connectivity index (χ0v) is 12.0. The number of rotatable bonds is 6. The summed E-state index contributed by atoms with van der Waals surface area (Å²) in [4.78, 5) is 22.8. The van der Waals surface area contributed by atoms with E-state index in [0.29, 0.717) is 25.3 Å². The smallest absolute Gasteiger partial charge is 0.303 e. The molecule has 2 atom stereocenters. The highest BCUT2D eigenvalue weighted by Crippen LogP contribution is 2.18. The third kappa shape index (κ3) is 4.27. The molecule has 1 aromatic carbocycles. The maximum atomic E-state index is 12.2. The second-order valence-electron chi connectivity index (χ2n) is 5.12. The quantitative estimate of drug-likeness (QED) is 0.724. The Hall–Kier alpha value is -1.92. The van der Waals surface area contributed by atoms with Gasteiger partial charge < -0.3 is 20.5 Å². The van der Waals surface area contributed by atoms with Gasteiger partial charge in [-0.15, -0.1) is 0 Å². The number of aliphatic carboxylic acids is 1. The highest BCUT2D eigenvalue weighted by Gasteiger charge is 2.32. The SMILES string of the molecule is CNC1COCC1C(=O)Nc1cccc(CCC(=O)O)c1. The summed E-state index contributed by atoms with van der Waals surface area (Å²) in [5.41, 5.74) is 1.58. The number of hydrogen-bond donors (Lipinski definition) is 3. The number of aryl methyl sites for hydroxylation is 1. The van der Waals surface area contributed by atoms with E-state index in [1.807, 2.05) is 25.2 Å². The largest absolute Gasteiger partial charge is 0.481 e. The minimum Gasteiger partial charge on any atom is -0.481 e. The predicted octanol–water partition coefficient (Wildman–Crippen LogP) is 0.877. The molecule has 1 fully saturated rings. The summed E-state index contributed by atoms with van der Waals surface area (Å²) in [6.07, 6.45) is 0.528. The Morgan fingerprint density at radius 1 is 1.38 bits per heavy atom. The monoisotopic (exact) mass is 292 g/mol. The summed E-state index contributed by atoms with van der Waals surface area (Å²) in [7, 11) is 1.81. The van der Waals surface area contributed by atoms with Gasteiger partial charge in [-0.2, -0.15) is 0 Å². The van der Waals surface area contributed by atoms with Crippen LogP contribution in [0.4, 0.5) is 5.69 Å². The summed E-state index contributed by atoms with van der Waals surface area (Å²) >= 11 is 0. The minimum absolute atomic E-state index is 0.0280. The van der Waals surface area contributed by atoms with Crippen molar-refractivity contribution in [1.82, 2.24) is 5.32 Å². The van der Waals surface area contributed by atoms with Crippen LogP contribution in [-0.4, -0.2) is 43.3 Å². The van der Waals surface area contributed by atoms with E-state index in [1.54, 1.807) is 6.07 Å². The van der Waals surface area contributed by atoms with Crippen LogP contribution in [0.25, 0.3) is 0 Å². The lowest BCUT2D eigenvalue weighted by Gasteiger charge is -2.16. The zero-order chi connectivity index (χ0) is 15.2. The first kappa shape index (κ1) is 15.5. The third-order valence-electron chi connectivity index (χ3n) is 3.61. The van der Waals surface area contributed by atoms with Gasteiger partial charge in [0, 0.05) is 18.2 Å². The Labute approximate surface area is 123 Å². The van der Waals surface area contributed by atoms with Crippen molar-refractivity contribution < 1.29 is 19.4 Å². The van der Waals surface area contributed by atoms with Gasteiger partial charge in [0.15, 0.2) is 0 Å². The number of carbonyl (C=O) groups excluding carboxylic acids is 1. The van der Waals surface area contributed by atoms with E-state index in [9.17, 15) is 9.59 Å². The normalized spacial score (nSPS) is 21.2. The molecule has 0 bridgehead atoms. The fourth-order valence-corrected chi connectivity index (χ4v) is 2.39. The topological polar surface area (TPSA) is 87.7 Å². The molecular formula is C15H20N2O4. The molecule has 1 amide bonds. The lowest BCUT2D eigenvalue weighted by Crippen LogP contribution is -2.39. The van der Waals surface area contributed by atoms with Crippen molar-refractivity contribution in [2.24, 2.45) is 5.92 Å². The number of ether oxygens (including phenoxy) is 1. The predicted molar refractivity (Wildman–Crippen MR) is 78.2 cm³/mol. The highest BCUT2D eigenvalue weighted by atomic mass is 16.5. The van der Waals surface area contributed by atoms with Crippen LogP contribution in [0.15, 0.2) is 24.3 Å². The Balaban J connectivity index is 1.97. The van der Waals surface area contributed by atoms with Crippen LogP contribution in [0.5, 0.6) is 0 Å². The van der Waals surface area contributed by atoms with Crippen molar-refractivity contribution in [2.45, 2.75) is 18.9 Å². The summed E-state index contributed by atoms with van der Waals surface area (Å²) in [6.45, 7) is 0.948. The Kier molecular flexibility index (Phi) is 5.30. The van der Waals surface area contributed by atoms with Gasteiger partial charge in [0.25, 0.3) is 0 Å². The van der Waals surface area contributed by atoms with Gasteiger partial charge >= 0.3 is 5.97 Å². The molecule has 2 rings (SSSR count). The number of benzene rings is 1. The fraction of sp³-hybridized carbons (Fsp3) is 0.467. The van der Waals surface area contributed by atoms with Crippen LogP contribution >= 0.6 is 0 Å². The fourth-order valence-electron chi connectivity index (χ4n) is 2.39. The molecule has 0 radical (unpaired) electrons. The molecule has 6 heteroatoms. The highest BCUT2D eigenvalue weighted by molar-refractivity contribution is 5.93. The Morgan fingerprint density at radius 2 is 2.19 bits per heavy atom. The first-order valence-electron chi connectivity index (χ1n) is 6.96. The van der Waals surface area contributed by atoms with Crippen molar-refractivity contribution in [3.05, 3.63) is 29.8 Å². The molecule has 1 aliphatic heterocycles. The second kappa shape index (κ2) is 7.19. The molecule has 0 saturated carbocycles. The molecule has 1 aliphatic rings. The number of carboxylic acid groups (broad SMARTS) is 1. The van der Waals surface area contributed by atoms with Gasteiger partial charge in [-0.1, -0.05) is 12.1 Å². The maximum Gasteiger partial charge on any atom is 0.303 e. The Morgan fingerprint density at radius 3 is 2.90 bits per heavy atom. The molecule has 21 heavy (non-hydrogen) atoms. The molecule has 0 aliphatic carbocycles. The van der Waals surface area contributed by atoms with Gasteiger partial charge in [-0.3, -0.25) is 9.59 Å². The number of likely N-dealkylation sites (N-methyl/N-ethyl adjacent to an activating group) is 1. The molecule has 2 unspecified atom stereocenters. The molecule has 6 nitrogen and oxygen atoms in total. The number of amides is 1. The van der Waals surface area contributed by atoms with Crippen LogP contribution in [0.2, 0.25) is 0 Å². The summed E-state index contributed by atoms with van der Waals surface area (Å²) in [5, 5.41) is 14.6. The average Bonchev–Trinajstić information content (AvgIpc) is 2.94. The van der Waals surface area contributed by atoms with Crippen molar-refractivity contribution in [3.8, 4) is 0 Å². The van der Waals surface area contributed by atoms with E-state index in [1.165, 1.54) is 0 Å². The molecule has 0 spiro atoms. The van der Waals surface area contributed by atoms with E-state index >= 15 is 0 Å². The van der Waals surface area contributed by atoms with E-state index in [0.717, 1.165) is 5.56 Å². The van der Waals surface area contributed by atoms with Crippen LogP contribution < -0.4 is 10.6 Å². The van der Waals surface area contributed by atoms with Gasteiger partial charge in [0.05, 0.1) is 19.1 Å². The molecule has 1 aromatic rings. The first-order chi connectivity index (χ1) is 10.1. The Bertz CT molecular complexity index is 518. The zero-order valence-electron chi connectivity index (χ0n) is 12.0. The van der Waals surface area contributed by atoms with E-state index in [2.05, 4.69) is 10.6 Å². The van der Waals surface area contributed by atoms with Gasteiger partial charge in [-0.25, -0.2) is 0 Å². The van der Waals surface area contributed by atoms with Crippen LogP contribution in [0.3, 0.4) is 0 Å². The van der Waals surface area contributed by atoms with Gasteiger partial charge in [-0.05, 0) is 31.2 Å². The number of carbonyl (C=O) groups is 2. The number of nitrogens with one attached hydrogen (secondary N) is 2. The van der Waals surface area contributed by atoms with E-state index in [4.69, 9.17) is 9.84 Å².